The van der Waals surface area contributed by atoms with Crippen LogP contribution in [0.1, 0.15) is 12.0 Å². The highest BCUT2D eigenvalue weighted by Gasteiger charge is 2.35. The number of anilines is 2. The number of hydrogen-bond acceptors (Lipinski definition) is 1. The van der Waals surface area contributed by atoms with Gasteiger partial charge in [0.25, 0.3) is 0 Å². The van der Waals surface area contributed by atoms with E-state index >= 15 is 0 Å². The Morgan fingerprint density at radius 3 is 1.80 bits per heavy atom. The van der Waals surface area contributed by atoms with Crippen molar-refractivity contribution in [2.24, 2.45) is 0 Å². The first-order chi connectivity index (χ1) is 19.7. The Morgan fingerprint density at radius 2 is 1.12 bits per heavy atom. The van der Waals surface area contributed by atoms with Crippen LogP contribution in [0, 0.1) is 0 Å². The minimum Gasteiger partial charge on any atom is -0.321 e. The third kappa shape index (κ3) is 4.45. The summed E-state index contributed by atoms with van der Waals surface area (Å²) in [6.07, 6.45) is 7.72. The van der Waals surface area contributed by atoms with Crippen LogP contribution in [0.3, 0.4) is 0 Å². The lowest BCUT2D eigenvalue weighted by atomic mass is 9.93. The van der Waals surface area contributed by atoms with E-state index in [0.717, 1.165) is 12.1 Å². The van der Waals surface area contributed by atoms with Crippen LogP contribution in [0.15, 0.2) is 158 Å². The van der Waals surface area contributed by atoms with E-state index in [2.05, 4.69) is 179 Å². The maximum absolute atomic E-state index is 4.24. The second-order valence-corrected chi connectivity index (χ2v) is 11.7. The van der Waals surface area contributed by atoms with E-state index in [1.807, 2.05) is 0 Å². The van der Waals surface area contributed by atoms with Crippen molar-refractivity contribution in [3.05, 3.63) is 163 Å². The van der Waals surface area contributed by atoms with Crippen molar-refractivity contribution in [1.82, 2.24) is 0 Å². The molecule has 1 nitrogen and oxygen atoms in total. The average Bonchev–Trinajstić information content (AvgIpc) is 3.03. The fraction of sp³-hybridized carbons (Fsp3) is 0.0526. The van der Waals surface area contributed by atoms with E-state index in [1.165, 1.54) is 49.5 Å². The van der Waals surface area contributed by atoms with E-state index in [0.29, 0.717) is 0 Å². The summed E-state index contributed by atoms with van der Waals surface area (Å²) >= 11 is 4.24. The predicted molar refractivity (Wildman–Crippen MR) is 175 cm³/mol. The monoisotopic (exact) mass is 577 g/mol. The zero-order valence-electron chi connectivity index (χ0n) is 22.0. The number of hydrogen-bond donors (Lipinski definition) is 0. The molecule has 0 heterocycles. The Balaban J connectivity index is 1.40. The Bertz CT molecular complexity index is 1870. The highest BCUT2D eigenvalue weighted by Crippen LogP contribution is 2.47. The Hall–Kier alpha value is -4.40. The summed E-state index contributed by atoms with van der Waals surface area (Å²) in [7, 11) is 0. The van der Waals surface area contributed by atoms with Crippen molar-refractivity contribution < 1.29 is 0 Å². The molecule has 1 aliphatic rings. The van der Waals surface area contributed by atoms with Crippen LogP contribution in [0.2, 0.25) is 0 Å². The second-order valence-electron chi connectivity index (χ2n) is 10.3. The zero-order valence-corrected chi connectivity index (χ0v) is 23.6. The van der Waals surface area contributed by atoms with Gasteiger partial charge >= 0.3 is 0 Å². The summed E-state index contributed by atoms with van der Waals surface area (Å²) in [4.78, 5) is 2.46. The molecule has 1 atom stereocenters. The number of alkyl halides is 1. The fourth-order valence-electron chi connectivity index (χ4n) is 5.82. The summed E-state index contributed by atoms with van der Waals surface area (Å²) in [6, 6.07) is 49.9. The van der Waals surface area contributed by atoms with Crippen molar-refractivity contribution in [3.8, 4) is 11.1 Å². The van der Waals surface area contributed by atoms with Crippen LogP contribution in [0.5, 0.6) is 0 Å². The van der Waals surface area contributed by atoms with Gasteiger partial charge in [-0.05, 0) is 62.7 Å². The number of nitrogens with zero attached hydrogens (tertiary/aromatic N) is 1. The van der Waals surface area contributed by atoms with Crippen molar-refractivity contribution in [1.29, 1.82) is 0 Å². The van der Waals surface area contributed by atoms with Gasteiger partial charge in [-0.15, -0.1) is 0 Å². The lowest BCUT2D eigenvalue weighted by molar-refractivity contribution is 0.743. The molecule has 0 saturated heterocycles. The second kappa shape index (κ2) is 10.3. The van der Waals surface area contributed by atoms with Crippen molar-refractivity contribution in [2.45, 2.75) is 10.9 Å². The maximum Gasteiger partial charge on any atom is 0.122 e. The molecule has 192 valence electrons. The molecule has 40 heavy (non-hydrogen) atoms. The molecule has 1 aliphatic carbocycles. The molecule has 0 spiro atoms. The minimum absolute atomic E-state index is 0.440. The molecule has 0 aromatic heterocycles. The zero-order chi connectivity index (χ0) is 26.9. The minimum atomic E-state index is -0.440. The van der Waals surface area contributed by atoms with E-state index in [-0.39, 0.29) is 0 Å². The predicted octanol–water partition coefficient (Wildman–Crippen LogP) is 10.9. The van der Waals surface area contributed by atoms with Crippen LogP contribution in [0.25, 0.3) is 38.2 Å². The number of rotatable bonds is 5. The topological polar surface area (TPSA) is 3.24 Å². The molecular formula is C38H28BrN. The molecule has 6 aromatic rings. The van der Waals surface area contributed by atoms with Gasteiger partial charge in [0.2, 0.25) is 0 Å². The largest absolute Gasteiger partial charge is 0.321 e. The molecule has 0 saturated carbocycles. The Kier molecular flexibility index (Phi) is 6.34. The van der Waals surface area contributed by atoms with Crippen LogP contribution in [-0.4, -0.2) is 4.45 Å². The van der Waals surface area contributed by atoms with Gasteiger partial charge in [-0.3, -0.25) is 0 Å². The molecule has 1 unspecified atom stereocenters. The molecule has 7 rings (SSSR count). The number of halogens is 1. The molecule has 0 fully saturated rings. The molecular weight excluding hydrogens is 550 g/mol. The van der Waals surface area contributed by atoms with E-state index < -0.39 is 4.45 Å². The molecule has 2 heteroatoms. The molecule has 0 N–H and O–H groups in total. The van der Waals surface area contributed by atoms with Gasteiger partial charge in [0, 0.05) is 17.5 Å². The first kappa shape index (κ1) is 24.6. The number of benzene rings is 6. The van der Waals surface area contributed by atoms with Gasteiger partial charge in [-0.2, -0.15) is 0 Å². The number of fused-ring (bicyclic) bond motifs is 3. The summed E-state index contributed by atoms with van der Waals surface area (Å²) in [6.45, 7) is 0. The maximum atomic E-state index is 4.24. The molecule has 0 bridgehead atoms. The molecule has 0 amide bonds. The van der Waals surface area contributed by atoms with Crippen molar-refractivity contribution in [2.75, 3.05) is 4.90 Å². The third-order valence-electron chi connectivity index (χ3n) is 7.83. The molecule has 6 aromatic carbocycles. The smallest absolute Gasteiger partial charge is 0.122 e. The van der Waals surface area contributed by atoms with Crippen molar-refractivity contribution >= 4 is 54.4 Å². The van der Waals surface area contributed by atoms with E-state index in [4.69, 9.17) is 0 Å². The SMILES string of the molecule is BrC1(N(c2ccc(-c3ccccc3)cc2)c2cc3ccccc3c3ccccc23)C=CC(c2ccccc2)=CC1. The highest BCUT2D eigenvalue weighted by molar-refractivity contribution is 9.10. The number of allylic oxidation sites excluding steroid dienone is 2. The summed E-state index contributed by atoms with van der Waals surface area (Å²) in [5.41, 5.74) is 7.24. The van der Waals surface area contributed by atoms with Crippen LogP contribution in [-0.2, 0) is 0 Å². The van der Waals surface area contributed by atoms with Gasteiger partial charge in [0.05, 0.1) is 5.69 Å². The Morgan fingerprint density at radius 1 is 0.550 bits per heavy atom. The Labute approximate surface area is 243 Å². The van der Waals surface area contributed by atoms with Crippen LogP contribution >= 0.6 is 15.9 Å². The quantitative estimate of drug-likeness (QED) is 0.112. The van der Waals surface area contributed by atoms with Crippen LogP contribution < -0.4 is 4.90 Å². The van der Waals surface area contributed by atoms with Gasteiger partial charge < -0.3 is 4.90 Å². The fourth-order valence-corrected chi connectivity index (χ4v) is 6.51. The average molecular weight is 579 g/mol. The van der Waals surface area contributed by atoms with E-state index in [1.54, 1.807) is 0 Å². The van der Waals surface area contributed by atoms with Gasteiger partial charge in [-0.1, -0.05) is 149 Å². The van der Waals surface area contributed by atoms with Gasteiger partial charge in [0.15, 0.2) is 0 Å². The summed E-state index contributed by atoms with van der Waals surface area (Å²) in [5, 5.41) is 5.00. The normalized spacial score (nSPS) is 16.7. The lowest BCUT2D eigenvalue weighted by Gasteiger charge is -2.41. The lowest BCUT2D eigenvalue weighted by Crippen LogP contribution is -2.39. The first-order valence-electron chi connectivity index (χ1n) is 13.7. The summed E-state index contributed by atoms with van der Waals surface area (Å²) < 4.78 is -0.440. The third-order valence-corrected chi connectivity index (χ3v) is 8.77. The van der Waals surface area contributed by atoms with Gasteiger partial charge in [0.1, 0.15) is 4.45 Å². The van der Waals surface area contributed by atoms with Crippen molar-refractivity contribution in [3.63, 3.8) is 0 Å². The molecule has 0 radical (unpaired) electrons. The summed E-state index contributed by atoms with van der Waals surface area (Å²) in [5.74, 6) is 0. The molecule has 0 aliphatic heterocycles. The standard InChI is InChI=1S/C38H28BrN/c39-38(25-23-31(24-26-38)29-13-5-2-6-14-29)40(33-21-19-30(20-22-33)28-11-3-1-4-12-28)37-27-32-15-7-8-16-34(32)35-17-9-10-18-36(35)37/h1-25,27H,26H2. The van der Waals surface area contributed by atoms with E-state index in [9.17, 15) is 0 Å². The highest BCUT2D eigenvalue weighted by atomic mass is 79.9. The first-order valence-corrected chi connectivity index (χ1v) is 14.5. The van der Waals surface area contributed by atoms with Crippen LogP contribution in [0.4, 0.5) is 11.4 Å². The van der Waals surface area contributed by atoms with Gasteiger partial charge in [-0.25, -0.2) is 0 Å².